The van der Waals surface area contributed by atoms with Crippen LogP contribution in [-0.4, -0.2) is 32.5 Å². The van der Waals surface area contributed by atoms with Gasteiger partial charge in [-0.1, -0.05) is 18.2 Å². The van der Waals surface area contributed by atoms with Gasteiger partial charge in [0, 0.05) is 24.3 Å². The van der Waals surface area contributed by atoms with Gasteiger partial charge in [0.05, 0.1) is 17.6 Å². The third-order valence-electron chi connectivity index (χ3n) is 5.78. The molecule has 1 aromatic carbocycles. The minimum atomic E-state index is -0.311. The lowest BCUT2D eigenvalue weighted by molar-refractivity contribution is -0.116. The fourth-order valence-electron chi connectivity index (χ4n) is 4.36. The molecule has 6 rings (SSSR count). The third-order valence-corrected chi connectivity index (χ3v) is 6.65. The topological polar surface area (TPSA) is 78.6 Å². The van der Waals surface area contributed by atoms with Crippen molar-refractivity contribution in [1.82, 2.24) is 19.6 Å². The lowest BCUT2D eigenvalue weighted by Crippen LogP contribution is -2.26. The van der Waals surface area contributed by atoms with E-state index in [0.29, 0.717) is 29.3 Å². The molecule has 0 saturated heterocycles. The Balaban J connectivity index is 1.60. The highest BCUT2D eigenvalue weighted by Crippen LogP contribution is 2.47. The summed E-state index contributed by atoms with van der Waals surface area (Å²) in [5, 5.41) is 6.61. The molecule has 0 fully saturated rings. The number of benzene rings is 1. The predicted octanol–water partition coefficient (Wildman–Crippen LogP) is 4.39. The van der Waals surface area contributed by atoms with Gasteiger partial charge in [-0.15, -0.1) is 16.4 Å². The van der Waals surface area contributed by atoms with Crippen molar-refractivity contribution in [3.8, 4) is 22.3 Å². The predicted molar refractivity (Wildman–Crippen MR) is 115 cm³/mol. The molecule has 7 nitrogen and oxygen atoms in total. The summed E-state index contributed by atoms with van der Waals surface area (Å²) in [5.41, 5.74) is 3.11. The zero-order chi connectivity index (χ0) is 20.9. The van der Waals surface area contributed by atoms with Gasteiger partial charge in [-0.3, -0.25) is 4.79 Å². The Morgan fingerprint density at radius 3 is 2.84 bits per heavy atom. The van der Waals surface area contributed by atoms with Crippen LogP contribution in [0.1, 0.15) is 36.3 Å². The van der Waals surface area contributed by atoms with Crippen molar-refractivity contribution in [3.05, 3.63) is 70.6 Å². The molecule has 31 heavy (non-hydrogen) atoms. The van der Waals surface area contributed by atoms with Crippen LogP contribution in [0.15, 0.2) is 59.4 Å². The Hall–Kier alpha value is -3.52. The number of carbonyl (C=O) groups excluding carboxylic acids is 1. The SMILES string of the molecule is COc1ccc([C@@H]2C3=C(CCCC3=O)Oc3ncn4nc(-c5cccs5)nc4c32)cc1. The first-order chi connectivity index (χ1) is 15.2. The number of carbonyl (C=O) groups is 1. The Labute approximate surface area is 182 Å². The van der Waals surface area contributed by atoms with Crippen LogP contribution in [0, 0.1) is 0 Å². The van der Waals surface area contributed by atoms with E-state index in [9.17, 15) is 4.79 Å². The van der Waals surface area contributed by atoms with E-state index in [2.05, 4.69) is 10.1 Å². The van der Waals surface area contributed by atoms with Crippen molar-refractivity contribution in [1.29, 1.82) is 0 Å². The molecule has 0 unspecified atom stereocenters. The summed E-state index contributed by atoms with van der Waals surface area (Å²) in [5.74, 6) is 2.42. The van der Waals surface area contributed by atoms with Gasteiger partial charge in [0.1, 0.15) is 17.8 Å². The second-order valence-electron chi connectivity index (χ2n) is 7.57. The van der Waals surface area contributed by atoms with E-state index >= 15 is 0 Å². The molecule has 1 aliphatic heterocycles. The highest BCUT2D eigenvalue weighted by molar-refractivity contribution is 7.13. The first-order valence-corrected chi connectivity index (χ1v) is 11.0. The van der Waals surface area contributed by atoms with Crippen molar-refractivity contribution in [3.63, 3.8) is 0 Å². The van der Waals surface area contributed by atoms with Crippen molar-refractivity contribution < 1.29 is 14.3 Å². The number of thiophene rings is 1. The molecular weight excluding hydrogens is 412 g/mol. The second-order valence-corrected chi connectivity index (χ2v) is 8.51. The van der Waals surface area contributed by atoms with E-state index in [0.717, 1.165) is 40.4 Å². The lowest BCUT2D eigenvalue weighted by Gasteiger charge is -2.32. The summed E-state index contributed by atoms with van der Waals surface area (Å²) >= 11 is 1.58. The maximum absolute atomic E-state index is 13.0. The van der Waals surface area contributed by atoms with Crippen LogP contribution in [0.2, 0.25) is 0 Å². The molecule has 4 heterocycles. The number of rotatable bonds is 3. The number of nitrogens with zero attached hydrogens (tertiary/aromatic N) is 4. The summed E-state index contributed by atoms with van der Waals surface area (Å²) < 4.78 is 13.2. The molecule has 1 atom stereocenters. The van der Waals surface area contributed by atoms with Gasteiger partial charge in [-0.2, -0.15) is 0 Å². The van der Waals surface area contributed by atoms with Gasteiger partial charge in [0.15, 0.2) is 17.3 Å². The molecule has 2 aliphatic rings. The number of Topliss-reactive ketones (excluding diaryl/α,β-unsaturated/α-hetero) is 1. The molecule has 1 aliphatic carbocycles. The van der Waals surface area contributed by atoms with E-state index in [1.54, 1.807) is 29.3 Å². The van der Waals surface area contributed by atoms with Crippen LogP contribution in [0.4, 0.5) is 0 Å². The molecular formula is C23H18N4O3S. The number of allylic oxidation sites excluding steroid dienone is 2. The van der Waals surface area contributed by atoms with Gasteiger partial charge < -0.3 is 9.47 Å². The zero-order valence-corrected chi connectivity index (χ0v) is 17.6. The number of ketones is 1. The van der Waals surface area contributed by atoms with Crippen molar-refractivity contribution in [2.45, 2.75) is 25.2 Å². The lowest BCUT2D eigenvalue weighted by atomic mass is 9.78. The van der Waals surface area contributed by atoms with E-state index < -0.39 is 0 Å². The maximum atomic E-state index is 13.0. The maximum Gasteiger partial charge on any atom is 0.228 e. The molecule has 154 valence electrons. The fraction of sp³-hybridized carbons (Fsp3) is 0.217. The fourth-order valence-corrected chi connectivity index (χ4v) is 5.01. The molecule has 3 aromatic heterocycles. The summed E-state index contributed by atoms with van der Waals surface area (Å²) in [7, 11) is 1.64. The molecule has 0 spiro atoms. The van der Waals surface area contributed by atoms with Gasteiger partial charge in [-0.25, -0.2) is 14.5 Å². The van der Waals surface area contributed by atoms with Crippen LogP contribution in [0.5, 0.6) is 11.6 Å². The van der Waals surface area contributed by atoms with Gasteiger partial charge in [0.2, 0.25) is 5.88 Å². The first kappa shape index (κ1) is 18.3. The van der Waals surface area contributed by atoms with Crippen molar-refractivity contribution in [2.75, 3.05) is 7.11 Å². The number of ether oxygens (including phenoxy) is 2. The van der Waals surface area contributed by atoms with Crippen molar-refractivity contribution >= 4 is 22.8 Å². The summed E-state index contributed by atoms with van der Waals surface area (Å²) in [4.78, 5) is 23.4. The molecule has 0 amide bonds. The second kappa shape index (κ2) is 7.02. The van der Waals surface area contributed by atoms with Crippen molar-refractivity contribution in [2.24, 2.45) is 0 Å². The Morgan fingerprint density at radius 2 is 2.06 bits per heavy atom. The largest absolute Gasteiger partial charge is 0.497 e. The summed E-state index contributed by atoms with van der Waals surface area (Å²) in [6.45, 7) is 0. The van der Waals surface area contributed by atoms with E-state index in [1.165, 1.54) is 0 Å². The number of methoxy groups -OCH3 is 1. The minimum Gasteiger partial charge on any atom is -0.497 e. The molecule has 0 saturated carbocycles. The Morgan fingerprint density at radius 1 is 1.19 bits per heavy atom. The van der Waals surface area contributed by atoms with E-state index in [4.69, 9.17) is 14.5 Å². The minimum absolute atomic E-state index is 0.118. The highest BCUT2D eigenvalue weighted by atomic mass is 32.1. The van der Waals surface area contributed by atoms with E-state index in [1.807, 2.05) is 41.8 Å². The van der Waals surface area contributed by atoms with Crippen LogP contribution >= 0.6 is 11.3 Å². The average molecular weight is 430 g/mol. The monoisotopic (exact) mass is 430 g/mol. The quantitative estimate of drug-likeness (QED) is 0.480. The first-order valence-electron chi connectivity index (χ1n) is 10.1. The average Bonchev–Trinajstić information content (AvgIpc) is 3.48. The number of hydrogen-bond acceptors (Lipinski definition) is 7. The smallest absolute Gasteiger partial charge is 0.228 e. The molecule has 4 aromatic rings. The van der Waals surface area contributed by atoms with E-state index in [-0.39, 0.29) is 11.7 Å². The van der Waals surface area contributed by atoms with Crippen LogP contribution < -0.4 is 9.47 Å². The van der Waals surface area contributed by atoms with Crippen LogP contribution in [-0.2, 0) is 4.79 Å². The molecule has 0 radical (unpaired) electrons. The Kier molecular flexibility index (Phi) is 4.14. The zero-order valence-electron chi connectivity index (χ0n) is 16.7. The standard InChI is InChI=1S/C23H18N4O3S/c1-29-14-9-7-13(8-10-14)18-19-15(28)4-2-5-16(19)30-23-20(18)22-25-21(17-6-3-11-31-17)26-27(22)12-24-23/h3,6-12,18H,2,4-5H2,1H3/t18-/m1/s1. The number of aromatic nitrogens is 4. The molecule has 8 heteroatoms. The molecule has 0 N–H and O–H groups in total. The van der Waals surface area contributed by atoms with Gasteiger partial charge >= 0.3 is 0 Å². The Bertz CT molecular complexity index is 1340. The number of hydrogen-bond donors (Lipinski definition) is 0. The molecule has 0 bridgehead atoms. The van der Waals surface area contributed by atoms with Crippen LogP contribution in [0.3, 0.4) is 0 Å². The van der Waals surface area contributed by atoms with Gasteiger partial charge in [-0.05, 0) is 35.6 Å². The van der Waals surface area contributed by atoms with Gasteiger partial charge in [0.25, 0.3) is 0 Å². The number of fused-ring (bicyclic) bond motifs is 3. The summed E-state index contributed by atoms with van der Waals surface area (Å²) in [6, 6.07) is 11.8. The summed E-state index contributed by atoms with van der Waals surface area (Å²) in [6.07, 6.45) is 3.67. The van der Waals surface area contributed by atoms with Crippen LogP contribution in [0.25, 0.3) is 16.3 Å². The highest BCUT2D eigenvalue weighted by Gasteiger charge is 2.39. The normalized spacial score (nSPS) is 18.0. The third kappa shape index (κ3) is 2.86.